The van der Waals surface area contributed by atoms with Gasteiger partial charge in [-0.1, -0.05) is 11.6 Å². The molecule has 2 aliphatic carbocycles. The van der Waals surface area contributed by atoms with Gasteiger partial charge in [0, 0.05) is 5.92 Å². The number of ketones is 1. The fourth-order valence-electron chi connectivity index (χ4n) is 2.53. The first-order valence-electron chi connectivity index (χ1n) is 6.16. The van der Waals surface area contributed by atoms with E-state index in [1.54, 1.807) is 7.11 Å². The van der Waals surface area contributed by atoms with Crippen LogP contribution >= 0.6 is 0 Å². The molecule has 0 aromatic rings. The minimum atomic E-state index is -4.73. The number of ether oxygens (including phenoxy) is 1. The molecule has 0 amide bonds. The first kappa shape index (κ1) is 13.9. The second kappa shape index (κ2) is 5.23. The molecule has 0 spiro atoms. The fraction of sp³-hybridized carbons (Fsp3) is 0.500. The maximum Gasteiger partial charge on any atom is 0.450 e. The van der Waals surface area contributed by atoms with Crippen molar-refractivity contribution in [3.8, 4) is 0 Å². The van der Waals surface area contributed by atoms with Crippen molar-refractivity contribution in [3.63, 3.8) is 0 Å². The third kappa shape index (κ3) is 3.08. The van der Waals surface area contributed by atoms with E-state index in [0.29, 0.717) is 18.6 Å². The average Bonchev–Trinajstić information content (AvgIpc) is 2.58. The van der Waals surface area contributed by atoms with Gasteiger partial charge in [-0.25, -0.2) is 0 Å². The number of carbonyl (C=O) groups is 1. The van der Waals surface area contributed by atoms with E-state index >= 15 is 0 Å². The lowest BCUT2D eigenvalue weighted by Gasteiger charge is -2.25. The van der Waals surface area contributed by atoms with E-state index in [1.165, 1.54) is 0 Å². The summed E-state index contributed by atoms with van der Waals surface area (Å²) in [7, 11) is 1.55. The molecule has 5 heteroatoms. The Hall–Kier alpha value is -1.52. The molecule has 0 aliphatic heterocycles. The molecule has 0 radical (unpaired) electrons. The zero-order chi connectivity index (χ0) is 14.0. The van der Waals surface area contributed by atoms with Crippen molar-refractivity contribution in [1.29, 1.82) is 0 Å². The molecule has 19 heavy (non-hydrogen) atoms. The lowest BCUT2D eigenvalue weighted by atomic mass is 9.80. The summed E-state index contributed by atoms with van der Waals surface area (Å²) >= 11 is 0. The van der Waals surface area contributed by atoms with Crippen molar-refractivity contribution >= 4 is 5.78 Å². The van der Waals surface area contributed by atoms with Crippen LogP contribution in [-0.2, 0) is 9.53 Å². The van der Waals surface area contributed by atoms with Crippen LogP contribution in [0.4, 0.5) is 13.2 Å². The molecule has 0 saturated heterocycles. The number of allylic oxidation sites excluding steroid dienone is 5. The van der Waals surface area contributed by atoms with Crippen LogP contribution in [0.1, 0.15) is 25.7 Å². The summed E-state index contributed by atoms with van der Waals surface area (Å²) in [5.74, 6) is -1.82. The van der Waals surface area contributed by atoms with Crippen molar-refractivity contribution in [2.75, 3.05) is 7.11 Å². The van der Waals surface area contributed by atoms with Crippen molar-refractivity contribution in [1.82, 2.24) is 0 Å². The van der Waals surface area contributed by atoms with Gasteiger partial charge in [0.15, 0.2) is 0 Å². The van der Waals surface area contributed by atoms with Crippen LogP contribution in [0.3, 0.4) is 0 Å². The van der Waals surface area contributed by atoms with Gasteiger partial charge in [-0.05, 0) is 43.4 Å². The number of rotatable bonds is 2. The summed E-state index contributed by atoms with van der Waals surface area (Å²) < 4.78 is 42.4. The van der Waals surface area contributed by atoms with E-state index in [1.807, 2.05) is 18.2 Å². The molecule has 0 heterocycles. The number of hydrogen-bond donors (Lipinski definition) is 0. The highest BCUT2D eigenvalue weighted by Gasteiger charge is 2.44. The second-order valence-electron chi connectivity index (χ2n) is 4.78. The summed E-state index contributed by atoms with van der Waals surface area (Å²) in [5, 5.41) is 0. The summed E-state index contributed by atoms with van der Waals surface area (Å²) in [6.45, 7) is 0. The fourth-order valence-corrected chi connectivity index (χ4v) is 2.53. The number of alkyl halides is 3. The standard InChI is InChI=1S/C14H15F3O2/c1-19-12-6-4-9-2-3-11(8-10(9)5-7-12)13(18)14(15,16)17/h4,6-7,11H,2-3,5,8H2,1H3. The summed E-state index contributed by atoms with van der Waals surface area (Å²) in [6, 6.07) is 0. The SMILES string of the molecule is COC1=CCC2=C(C=C1)CCC(C(=O)C(F)(F)F)C2. The van der Waals surface area contributed by atoms with Gasteiger partial charge in [0.1, 0.15) is 5.76 Å². The van der Waals surface area contributed by atoms with Crippen LogP contribution in [0.15, 0.2) is 35.1 Å². The summed E-state index contributed by atoms with van der Waals surface area (Å²) in [4.78, 5) is 11.3. The molecule has 0 fully saturated rings. The van der Waals surface area contributed by atoms with Gasteiger partial charge in [0.25, 0.3) is 0 Å². The van der Waals surface area contributed by atoms with E-state index in [9.17, 15) is 18.0 Å². The van der Waals surface area contributed by atoms with Crippen LogP contribution in [0.25, 0.3) is 0 Å². The Morgan fingerprint density at radius 3 is 2.74 bits per heavy atom. The second-order valence-corrected chi connectivity index (χ2v) is 4.78. The molecule has 104 valence electrons. The molecule has 0 saturated carbocycles. The van der Waals surface area contributed by atoms with E-state index in [4.69, 9.17) is 4.74 Å². The number of carbonyl (C=O) groups excluding carboxylic acids is 1. The maximum atomic E-state index is 12.4. The molecule has 0 aromatic carbocycles. The number of hydrogen-bond acceptors (Lipinski definition) is 2. The smallest absolute Gasteiger partial charge is 0.450 e. The van der Waals surface area contributed by atoms with Gasteiger partial charge in [0.05, 0.1) is 7.11 Å². The zero-order valence-electron chi connectivity index (χ0n) is 10.6. The van der Waals surface area contributed by atoms with Crippen molar-refractivity contribution in [2.45, 2.75) is 31.9 Å². The minimum absolute atomic E-state index is 0.200. The lowest BCUT2D eigenvalue weighted by molar-refractivity contribution is -0.175. The highest BCUT2D eigenvalue weighted by atomic mass is 19.4. The lowest BCUT2D eigenvalue weighted by Crippen LogP contribution is -2.32. The molecule has 0 aromatic heterocycles. The van der Waals surface area contributed by atoms with E-state index in [-0.39, 0.29) is 12.8 Å². The monoisotopic (exact) mass is 272 g/mol. The highest BCUT2D eigenvalue weighted by Crippen LogP contribution is 2.37. The van der Waals surface area contributed by atoms with E-state index in [0.717, 1.165) is 11.1 Å². The molecular formula is C14H15F3O2. The highest BCUT2D eigenvalue weighted by molar-refractivity contribution is 5.86. The molecule has 1 unspecified atom stereocenters. The minimum Gasteiger partial charge on any atom is -0.497 e. The van der Waals surface area contributed by atoms with Crippen molar-refractivity contribution in [2.24, 2.45) is 5.92 Å². The van der Waals surface area contributed by atoms with Crippen molar-refractivity contribution in [3.05, 3.63) is 35.1 Å². The molecule has 2 aliphatic rings. The van der Waals surface area contributed by atoms with Gasteiger partial charge in [-0.2, -0.15) is 13.2 Å². The Balaban J connectivity index is 2.13. The first-order valence-corrected chi connectivity index (χ1v) is 6.16. The average molecular weight is 272 g/mol. The Kier molecular flexibility index (Phi) is 3.83. The number of methoxy groups -OCH3 is 1. The third-order valence-electron chi connectivity index (χ3n) is 3.59. The van der Waals surface area contributed by atoms with Gasteiger partial charge < -0.3 is 4.74 Å². The predicted octanol–water partition coefficient (Wildman–Crippen LogP) is 3.70. The zero-order valence-corrected chi connectivity index (χ0v) is 10.6. The van der Waals surface area contributed by atoms with E-state index in [2.05, 4.69) is 0 Å². The van der Waals surface area contributed by atoms with E-state index < -0.39 is 17.9 Å². The Labute approximate surface area is 109 Å². The molecule has 2 nitrogen and oxygen atoms in total. The Morgan fingerprint density at radius 1 is 1.37 bits per heavy atom. The largest absolute Gasteiger partial charge is 0.497 e. The van der Waals surface area contributed by atoms with Crippen molar-refractivity contribution < 1.29 is 22.7 Å². The molecule has 2 rings (SSSR count). The number of halogens is 3. The number of Topliss-reactive ketones (excluding diaryl/α,β-unsaturated/α-hetero) is 1. The Bertz CT molecular complexity index is 470. The first-order chi connectivity index (χ1) is 8.91. The summed E-state index contributed by atoms with van der Waals surface area (Å²) in [5.41, 5.74) is 1.95. The van der Waals surface area contributed by atoms with Crippen LogP contribution in [0, 0.1) is 5.92 Å². The summed E-state index contributed by atoms with van der Waals surface area (Å²) in [6.07, 6.45) is 2.34. The van der Waals surface area contributed by atoms with Gasteiger partial charge in [-0.3, -0.25) is 4.79 Å². The van der Waals surface area contributed by atoms with Crippen LogP contribution < -0.4 is 0 Å². The topological polar surface area (TPSA) is 26.3 Å². The quantitative estimate of drug-likeness (QED) is 0.766. The Morgan fingerprint density at radius 2 is 2.11 bits per heavy atom. The molecule has 1 atom stereocenters. The maximum absolute atomic E-state index is 12.4. The third-order valence-corrected chi connectivity index (χ3v) is 3.59. The molecule has 0 N–H and O–H groups in total. The molecule has 0 bridgehead atoms. The van der Waals surface area contributed by atoms with Crippen LogP contribution in [0.5, 0.6) is 0 Å². The predicted molar refractivity (Wildman–Crippen MR) is 64.3 cm³/mol. The van der Waals surface area contributed by atoms with Gasteiger partial charge in [-0.15, -0.1) is 0 Å². The molecular weight excluding hydrogens is 257 g/mol. The van der Waals surface area contributed by atoms with Gasteiger partial charge >= 0.3 is 6.18 Å². The van der Waals surface area contributed by atoms with Crippen LogP contribution in [-0.4, -0.2) is 19.1 Å². The van der Waals surface area contributed by atoms with Crippen LogP contribution in [0.2, 0.25) is 0 Å². The van der Waals surface area contributed by atoms with Gasteiger partial charge in [0.2, 0.25) is 5.78 Å². The normalized spacial score (nSPS) is 23.6.